The van der Waals surface area contributed by atoms with Gasteiger partial charge in [-0.25, -0.2) is 31.7 Å². The first-order valence-electron chi connectivity index (χ1n) is 10.9. The monoisotopic (exact) mass is 536 g/mol. The number of para-hydroxylation sites is 1. The molecule has 38 heavy (non-hydrogen) atoms. The molecule has 5 aromatic rings. The zero-order valence-corrected chi connectivity index (χ0v) is 20.4. The van der Waals surface area contributed by atoms with Crippen molar-refractivity contribution in [2.75, 3.05) is 17.6 Å². The molecule has 0 fully saturated rings. The summed E-state index contributed by atoms with van der Waals surface area (Å²) < 4.78 is 62.7. The fraction of sp³-hybridized carbons (Fsp3) is 0.0400. The molecule has 0 amide bonds. The highest BCUT2D eigenvalue weighted by atomic mass is 32.2. The van der Waals surface area contributed by atoms with Gasteiger partial charge in [-0.15, -0.1) is 0 Å². The number of halogens is 2. The van der Waals surface area contributed by atoms with E-state index >= 15 is 0 Å². The Bertz CT molecular complexity index is 1840. The van der Waals surface area contributed by atoms with Crippen LogP contribution >= 0.6 is 0 Å². The smallest absolute Gasteiger partial charge is 0.267 e. The van der Waals surface area contributed by atoms with Gasteiger partial charge in [0.05, 0.1) is 29.9 Å². The molecule has 13 heteroatoms. The first kappa shape index (κ1) is 24.8. The van der Waals surface area contributed by atoms with Crippen molar-refractivity contribution < 1.29 is 21.9 Å². The molecule has 0 unspecified atom stereocenters. The average Bonchev–Trinajstić information content (AvgIpc) is 2.91. The summed E-state index contributed by atoms with van der Waals surface area (Å²) in [5, 5.41) is 0.201. The van der Waals surface area contributed by atoms with E-state index in [1.54, 1.807) is 30.5 Å². The van der Waals surface area contributed by atoms with Crippen LogP contribution in [0.2, 0.25) is 0 Å². The van der Waals surface area contributed by atoms with Gasteiger partial charge in [-0.1, -0.05) is 12.1 Å². The normalized spacial score (nSPS) is 11.4. The number of aromatic nitrogens is 4. The molecule has 5 rings (SSSR count). The number of fused-ring (bicyclic) bond motifs is 1. The van der Waals surface area contributed by atoms with Crippen molar-refractivity contribution in [2.24, 2.45) is 0 Å². The van der Waals surface area contributed by atoms with Gasteiger partial charge >= 0.3 is 0 Å². The second-order valence-corrected chi connectivity index (χ2v) is 9.64. The highest BCUT2D eigenvalue weighted by Crippen LogP contribution is 2.31. The van der Waals surface area contributed by atoms with Gasteiger partial charge in [-0.2, -0.15) is 0 Å². The van der Waals surface area contributed by atoms with E-state index in [1.807, 2.05) is 4.72 Å². The number of nitrogens with two attached hydrogens (primary N) is 1. The van der Waals surface area contributed by atoms with Crippen LogP contribution in [0.15, 0.2) is 82.9 Å². The predicted octanol–water partition coefficient (Wildman–Crippen LogP) is 3.51. The predicted molar refractivity (Wildman–Crippen MR) is 136 cm³/mol. The van der Waals surface area contributed by atoms with Crippen molar-refractivity contribution in [3.8, 4) is 22.7 Å². The lowest BCUT2D eigenvalue weighted by Gasteiger charge is -2.14. The number of hydrogen-bond acceptors (Lipinski definition) is 8. The van der Waals surface area contributed by atoms with Crippen LogP contribution in [0.1, 0.15) is 0 Å². The van der Waals surface area contributed by atoms with Crippen LogP contribution in [-0.4, -0.2) is 35.0 Å². The largest absolute Gasteiger partial charge is 0.480 e. The lowest BCUT2D eigenvalue weighted by Crippen LogP contribution is -2.23. The van der Waals surface area contributed by atoms with Crippen molar-refractivity contribution in [1.29, 1.82) is 0 Å². The molecular weight excluding hydrogens is 518 g/mol. The quantitative estimate of drug-likeness (QED) is 0.336. The van der Waals surface area contributed by atoms with Gasteiger partial charge in [0.2, 0.25) is 11.8 Å². The number of nitrogen functional groups attached to an aromatic ring is 1. The van der Waals surface area contributed by atoms with Gasteiger partial charge in [-0.3, -0.25) is 14.5 Å². The molecular formula is C25H18F2N6O4S. The minimum absolute atomic E-state index is 0.0332. The Labute approximate surface area is 214 Å². The third-order valence-electron chi connectivity index (χ3n) is 5.63. The number of pyridine rings is 2. The van der Waals surface area contributed by atoms with Gasteiger partial charge in [0.25, 0.3) is 15.6 Å². The fourth-order valence-corrected chi connectivity index (χ4v) is 5.06. The number of rotatable bonds is 6. The highest BCUT2D eigenvalue weighted by molar-refractivity contribution is 7.92. The van der Waals surface area contributed by atoms with Crippen molar-refractivity contribution in [2.45, 2.75) is 4.90 Å². The third-order valence-corrected chi connectivity index (χ3v) is 6.98. The summed E-state index contributed by atoms with van der Waals surface area (Å²) in [7, 11) is -3.34. The van der Waals surface area contributed by atoms with Crippen LogP contribution < -0.4 is 20.8 Å². The van der Waals surface area contributed by atoms with Crippen molar-refractivity contribution in [3.63, 3.8) is 0 Å². The summed E-state index contributed by atoms with van der Waals surface area (Å²) in [6.45, 7) is 0. The summed E-state index contributed by atoms with van der Waals surface area (Å²) >= 11 is 0. The zero-order valence-electron chi connectivity index (χ0n) is 19.6. The molecule has 0 radical (unpaired) electrons. The molecule has 3 heterocycles. The lowest BCUT2D eigenvalue weighted by molar-refractivity contribution is 0.385. The number of ether oxygens (including phenoxy) is 1. The number of methoxy groups -OCH3 is 1. The van der Waals surface area contributed by atoms with Gasteiger partial charge < -0.3 is 10.5 Å². The van der Waals surface area contributed by atoms with Crippen LogP contribution in [-0.2, 0) is 10.0 Å². The SMILES string of the molecule is COc1ncc(-c2ccc3nc(N)n(-c4cccnc4)c(=O)c3c2)cc1S(=O)(=O)Nc1c(F)cccc1F. The number of nitrogens with zero attached hydrogens (tertiary/aromatic N) is 4. The molecule has 3 aromatic heterocycles. The minimum atomic E-state index is -4.55. The number of nitrogens with one attached hydrogen (secondary N) is 1. The van der Waals surface area contributed by atoms with E-state index in [9.17, 15) is 22.0 Å². The van der Waals surface area contributed by atoms with Crippen molar-refractivity contribution in [3.05, 3.63) is 95.2 Å². The van der Waals surface area contributed by atoms with Crippen molar-refractivity contribution in [1.82, 2.24) is 19.5 Å². The van der Waals surface area contributed by atoms with E-state index in [1.165, 1.54) is 36.2 Å². The van der Waals surface area contributed by atoms with E-state index in [0.29, 0.717) is 16.8 Å². The first-order chi connectivity index (χ1) is 18.2. The second-order valence-electron chi connectivity index (χ2n) is 7.99. The van der Waals surface area contributed by atoms with Crippen LogP contribution in [0, 0.1) is 11.6 Å². The van der Waals surface area contributed by atoms with E-state index < -0.39 is 37.8 Å². The first-order valence-corrected chi connectivity index (χ1v) is 12.4. The maximum atomic E-state index is 14.1. The maximum Gasteiger partial charge on any atom is 0.267 e. The average molecular weight is 537 g/mol. The third kappa shape index (κ3) is 4.39. The Balaban J connectivity index is 1.63. The molecule has 0 spiro atoms. The van der Waals surface area contributed by atoms with Crippen molar-refractivity contribution >= 4 is 32.6 Å². The molecule has 0 saturated heterocycles. The molecule has 192 valence electrons. The Morgan fingerprint density at radius 2 is 1.76 bits per heavy atom. The van der Waals surface area contributed by atoms with Crippen LogP contribution in [0.3, 0.4) is 0 Å². The second kappa shape index (κ2) is 9.52. The standard InChI is InChI=1S/C25H18F2N6O4S/c1-37-23-21(38(35,36)32-22-18(26)5-2-6-19(22)27)11-15(12-30-23)14-7-8-20-17(10-14)24(34)33(25(28)31-20)16-4-3-9-29-13-16/h2-13,32H,1H3,(H2,28,31). The summed E-state index contributed by atoms with van der Waals surface area (Å²) in [6.07, 6.45) is 4.35. The van der Waals surface area contributed by atoms with Gasteiger partial charge in [0.1, 0.15) is 22.2 Å². The maximum absolute atomic E-state index is 14.1. The number of benzene rings is 2. The molecule has 2 aromatic carbocycles. The molecule has 10 nitrogen and oxygen atoms in total. The van der Waals surface area contributed by atoms with Gasteiger partial charge in [-0.05, 0) is 48.0 Å². The van der Waals surface area contributed by atoms with E-state index in [2.05, 4.69) is 15.0 Å². The minimum Gasteiger partial charge on any atom is -0.480 e. The lowest BCUT2D eigenvalue weighted by atomic mass is 10.1. The molecule has 0 aliphatic carbocycles. The Morgan fingerprint density at radius 3 is 2.45 bits per heavy atom. The Kier molecular flexibility index (Phi) is 6.20. The zero-order chi connectivity index (χ0) is 27.0. The van der Waals surface area contributed by atoms with Crippen LogP contribution in [0.5, 0.6) is 5.88 Å². The molecule has 3 N–H and O–H groups in total. The molecule has 0 atom stereocenters. The topological polar surface area (TPSA) is 142 Å². The summed E-state index contributed by atoms with van der Waals surface area (Å²) in [5.41, 5.74) is 6.16. The number of anilines is 2. The van der Waals surface area contributed by atoms with Gasteiger partial charge in [0, 0.05) is 18.0 Å². The highest BCUT2D eigenvalue weighted by Gasteiger charge is 2.25. The summed E-state index contributed by atoms with van der Waals surface area (Å²) in [4.78, 5) is 25.2. The summed E-state index contributed by atoms with van der Waals surface area (Å²) in [6, 6.07) is 12.1. The molecule has 0 aliphatic rings. The summed E-state index contributed by atoms with van der Waals surface area (Å²) in [5.74, 6) is -2.52. The van der Waals surface area contributed by atoms with Gasteiger partial charge in [0.15, 0.2) is 0 Å². The van der Waals surface area contributed by atoms with E-state index in [0.717, 1.165) is 18.2 Å². The Morgan fingerprint density at radius 1 is 1.00 bits per heavy atom. The number of sulfonamides is 1. The van der Waals surface area contributed by atoms with E-state index in [-0.39, 0.29) is 22.8 Å². The van der Waals surface area contributed by atoms with E-state index in [4.69, 9.17) is 10.5 Å². The van der Waals surface area contributed by atoms with Crippen LogP contribution in [0.4, 0.5) is 20.4 Å². The Hall–Kier alpha value is -4.91. The molecule has 0 saturated carbocycles. The molecule has 0 bridgehead atoms. The fourth-order valence-electron chi connectivity index (χ4n) is 3.84. The molecule has 0 aliphatic heterocycles. The van der Waals surface area contributed by atoms with Crippen LogP contribution in [0.25, 0.3) is 27.7 Å². The number of hydrogen-bond donors (Lipinski definition) is 2.